The first-order valence-corrected chi connectivity index (χ1v) is 6.98. The van der Waals surface area contributed by atoms with Gasteiger partial charge in [-0.15, -0.1) is 0 Å². The Morgan fingerprint density at radius 2 is 1.86 bits per heavy atom. The van der Waals surface area contributed by atoms with Crippen molar-refractivity contribution in [1.29, 1.82) is 0 Å². The SMILES string of the molecule is COc1cccc(Nc2cc(Cl)nc(-c3ccncc3)n2)c1. The minimum Gasteiger partial charge on any atom is -0.497 e. The fraction of sp³-hybridized carbons (Fsp3) is 0.0625. The van der Waals surface area contributed by atoms with Gasteiger partial charge in [-0.25, -0.2) is 9.97 Å². The number of ether oxygens (including phenoxy) is 1. The first-order chi connectivity index (χ1) is 10.7. The highest BCUT2D eigenvalue weighted by Gasteiger charge is 2.06. The van der Waals surface area contributed by atoms with Crippen LogP contribution in [0.5, 0.6) is 5.75 Å². The molecule has 0 aliphatic carbocycles. The molecule has 0 bridgehead atoms. The van der Waals surface area contributed by atoms with Gasteiger partial charge in [-0.3, -0.25) is 4.98 Å². The predicted molar refractivity (Wildman–Crippen MR) is 86.5 cm³/mol. The molecule has 1 aromatic carbocycles. The number of hydrogen-bond donors (Lipinski definition) is 1. The normalized spacial score (nSPS) is 10.3. The average molecular weight is 313 g/mol. The van der Waals surface area contributed by atoms with Gasteiger partial charge in [0.25, 0.3) is 0 Å². The maximum absolute atomic E-state index is 6.09. The summed E-state index contributed by atoms with van der Waals surface area (Å²) in [6.45, 7) is 0. The number of rotatable bonds is 4. The largest absolute Gasteiger partial charge is 0.497 e. The Morgan fingerprint density at radius 1 is 1.05 bits per heavy atom. The molecular formula is C16H13ClN4O. The van der Waals surface area contributed by atoms with E-state index in [1.54, 1.807) is 25.6 Å². The second kappa shape index (κ2) is 6.41. The highest BCUT2D eigenvalue weighted by Crippen LogP contribution is 2.24. The van der Waals surface area contributed by atoms with Crippen LogP contribution >= 0.6 is 11.6 Å². The zero-order valence-corrected chi connectivity index (χ0v) is 12.6. The lowest BCUT2D eigenvalue weighted by molar-refractivity contribution is 0.415. The van der Waals surface area contributed by atoms with Gasteiger partial charge in [0.15, 0.2) is 5.82 Å². The fourth-order valence-electron chi connectivity index (χ4n) is 1.96. The van der Waals surface area contributed by atoms with Gasteiger partial charge < -0.3 is 10.1 Å². The number of methoxy groups -OCH3 is 1. The van der Waals surface area contributed by atoms with Gasteiger partial charge in [0.1, 0.15) is 16.7 Å². The Hall–Kier alpha value is -2.66. The number of pyridine rings is 1. The molecule has 1 N–H and O–H groups in total. The maximum Gasteiger partial charge on any atom is 0.163 e. The van der Waals surface area contributed by atoms with E-state index in [1.807, 2.05) is 36.4 Å². The molecular weight excluding hydrogens is 300 g/mol. The summed E-state index contributed by atoms with van der Waals surface area (Å²) in [7, 11) is 1.63. The number of hydrogen-bond acceptors (Lipinski definition) is 5. The second-order valence-electron chi connectivity index (χ2n) is 4.49. The topological polar surface area (TPSA) is 59.9 Å². The van der Waals surface area contributed by atoms with Crippen LogP contribution in [0.25, 0.3) is 11.4 Å². The Bertz CT molecular complexity index is 780. The Morgan fingerprint density at radius 3 is 2.64 bits per heavy atom. The molecule has 0 fully saturated rings. The van der Waals surface area contributed by atoms with E-state index in [0.29, 0.717) is 16.8 Å². The molecule has 0 unspecified atom stereocenters. The Kier molecular flexibility index (Phi) is 4.16. The smallest absolute Gasteiger partial charge is 0.163 e. The summed E-state index contributed by atoms with van der Waals surface area (Å²) in [5.41, 5.74) is 1.71. The van der Waals surface area contributed by atoms with Crippen LogP contribution in [0, 0.1) is 0 Å². The Labute approximate surface area is 133 Å². The molecule has 0 aliphatic rings. The lowest BCUT2D eigenvalue weighted by Crippen LogP contribution is -1.98. The number of nitrogens with zero attached hydrogens (tertiary/aromatic N) is 3. The van der Waals surface area contributed by atoms with E-state index in [0.717, 1.165) is 17.0 Å². The van der Waals surface area contributed by atoms with Gasteiger partial charge in [-0.05, 0) is 24.3 Å². The first kappa shape index (κ1) is 14.3. The van der Waals surface area contributed by atoms with Crippen LogP contribution < -0.4 is 10.1 Å². The molecule has 0 saturated carbocycles. The van der Waals surface area contributed by atoms with Crippen molar-refractivity contribution in [2.75, 3.05) is 12.4 Å². The van der Waals surface area contributed by atoms with Crippen molar-refractivity contribution in [2.45, 2.75) is 0 Å². The van der Waals surface area contributed by atoms with Gasteiger partial charge in [0.2, 0.25) is 0 Å². The van der Waals surface area contributed by atoms with Gasteiger partial charge >= 0.3 is 0 Å². The van der Waals surface area contributed by atoms with Crippen LogP contribution in [0.3, 0.4) is 0 Å². The van der Waals surface area contributed by atoms with Crippen molar-refractivity contribution >= 4 is 23.1 Å². The number of nitrogens with one attached hydrogen (secondary N) is 1. The molecule has 0 atom stereocenters. The van der Waals surface area contributed by atoms with Crippen LogP contribution in [0.15, 0.2) is 54.9 Å². The third-order valence-corrected chi connectivity index (χ3v) is 3.17. The third kappa shape index (κ3) is 3.32. The highest BCUT2D eigenvalue weighted by molar-refractivity contribution is 6.29. The molecule has 0 aliphatic heterocycles. The van der Waals surface area contributed by atoms with Crippen LogP contribution in [-0.2, 0) is 0 Å². The zero-order chi connectivity index (χ0) is 15.4. The lowest BCUT2D eigenvalue weighted by atomic mass is 10.2. The minimum atomic E-state index is 0.368. The van der Waals surface area contributed by atoms with E-state index in [9.17, 15) is 0 Å². The van der Waals surface area contributed by atoms with E-state index in [-0.39, 0.29) is 0 Å². The van der Waals surface area contributed by atoms with Crippen molar-refractivity contribution in [1.82, 2.24) is 15.0 Å². The molecule has 0 radical (unpaired) electrons. The second-order valence-corrected chi connectivity index (χ2v) is 4.88. The molecule has 2 heterocycles. The van der Waals surface area contributed by atoms with E-state index in [1.165, 1.54) is 0 Å². The summed E-state index contributed by atoms with van der Waals surface area (Å²) >= 11 is 6.09. The maximum atomic E-state index is 6.09. The zero-order valence-electron chi connectivity index (χ0n) is 11.8. The van der Waals surface area contributed by atoms with Crippen LogP contribution in [-0.4, -0.2) is 22.1 Å². The summed E-state index contributed by atoms with van der Waals surface area (Å²) in [4.78, 5) is 12.7. The summed E-state index contributed by atoms with van der Waals surface area (Å²) < 4.78 is 5.20. The monoisotopic (exact) mass is 312 g/mol. The summed E-state index contributed by atoms with van der Waals surface area (Å²) in [5.74, 6) is 1.92. The molecule has 2 aromatic heterocycles. The molecule has 110 valence electrons. The van der Waals surface area contributed by atoms with Crippen molar-refractivity contribution in [3.05, 3.63) is 60.0 Å². The standard InChI is InChI=1S/C16H13ClN4O/c1-22-13-4-2-3-12(9-13)19-15-10-14(17)20-16(21-15)11-5-7-18-8-6-11/h2-10H,1H3,(H,19,20,21). The van der Waals surface area contributed by atoms with Crippen LogP contribution in [0.1, 0.15) is 0 Å². The van der Waals surface area contributed by atoms with E-state index < -0.39 is 0 Å². The molecule has 3 aromatic rings. The van der Waals surface area contributed by atoms with Crippen molar-refractivity contribution < 1.29 is 4.74 Å². The van der Waals surface area contributed by atoms with Crippen LogP contribution in [0.2, 0.25) is 5.15 Å². The molecule has 5 nitrogen and oxygen atoms in total. The number of aromatic nitrogens is 3. The molecule has 0 amide bonds. The van der Waals surface area contributed by atoms with Crippen molar-refractivity contribution in [3.8, 4) is 17.1 Å². The summed E-state index contributed by atoms with van der Waals surface area (Å²) in [5, 5.41) is 3.57. The van der Waals surface area contributed by atoms with E-state index >= 15 is 0 Å². The van der Waals surface area contributed by atoms with Crippen molar-refractivity contribution in [3.63, 3.8) is 0 Å². The molecule has 0 saturated heterocycles. The van der Waals surface area contributed by atoms with E-state index in [2.05, 4.69) is 20.3 Å². The van der Waals surface area contributed by atoms with Crippen LogP contribution in [0.4, 0.5) is 11.5 Å². The number of halogens is 1. The molecule has 3 rings (SSSR count). The molecule has 0 spiro atoms. The summed E-state index contributed by atoms with van der Waals surface area (Å²) in [6.07, 6.45) is 3.38. The number of anilines is 2. The highest BCUT2D eigenvalue weighted by atomic mass is 35.5. The van der Waals surface area contributed by atoms with Gasteiger partial charge in [-0.2, -0.15) is 0 Å². The predicted octanol–water partition coefficient (Wildman–Crippen LogP) is 3.94. The Balaban J connectivity index is 1.92. The van der Waals surface area contributed by atoms with Gasteiger partial charge in [0.05, 0.1) is 7.11 Å². The van der Waals surface area contributed by atoms with E-state index in [4.69, 9.17) is 16.3 Å². The minimum absolute atomic E-state index is 0.368. The lowest BCUT2D eigenvalue weighted by Gasteiger charge is -2.09. The number of benzene rings is 1. The average Bonchev–Trinajstić information content (AvgIpc) is 2.55. The first-order valence-electron chi connectivity index (χ1n) is 6.60. The molecule has 6 heteroatoms. The van der Waals surface area contributed by atoms with Gasteiger partial charge in [-0.1, -0.05) is 17.7 Å². The molecule has 22 heavy (non-hydrogen) atoms. The quantitative estimate of drug-likeness (QED) is 0.739. The van der Waals surface area contributed by atoms with Gasteiger partial charge in [0, 0.05) is 35.8 Å². The van der Waals surface area contributed by atoms with Crippen molar-refractivity contribution in [2.24, 2.45) is 0 Å². The fourth-order valence-corrected chi connectivity index (χ4v) is 2.14. The third-order valence-electron chi connectivity index (χ3n) is 2.98. The summed E-state index contributed by atoms with van der Waals surface area (Å²) in [6, 6.07) is 12.9.